The minimum absolute atomic E-state index is 0.516. The van der Waals surface area contributed by atoms with Crippen molar-refractivity contribution in [1.29, 1.82) is 0 Å². The van der Waals surface area contributed by atoms with E-state index < -0.39 is 0 Å². The first-order valence-corrected chi connectivity index (χ1v) is 3.66. The van der Waals surface area contributed by atoms with Gasteiger partial charge in [-0.1, -0.05) is 20.2 Å². The summed E-state index contributed by atoms with van der Waals surface area (Å²) >= 11 is 0. The zero-order valence-electron chi connectivity index (χ0n) is 7.24. The molecule has 0 bridgehead atoms. The van der Waals surface area contributed by atoms with Crippen molar-refractivity contribution in [3.05, 3.63) is 0 Å². The Morgan fingerprint density at radius 1 is 1.22 bits per heavy atom. The molecule has 0 nitrogen and oxygen atoms in total. The Morgan fingerprint density at radius 2 is 2.00 bits per heavy atom. The summed E-state index contributed by atoms with van der Waals surface area (Å²) < 4.78 is 6.85. The Hall–Kier alpha value is -0.440. The van der Waals surface area contributed by atoms with E-state index in [1.807, 2.05) is 0 Å². The highest BCUT2D eigenvalue weighted by Gasteiger charge is 1.75. The van der Waals surface area contributed by atoms with Crippen LogP contribution < -0.4 is 0 Å². The van der Waals surface area contributed by atoms with Crippen LogP contribution >= 0.6 is 0 Å². The van der Waals surface area contributed by atoms with E-state index >= 15 is 0 Å². The van der Waals surface area contributed by atoms with Gasteiger partial charge in [0.1, 0.15) is 0 Å². The van der Waals surface area contributed by atoms with Crippen LogP contribution in [-0.2, 0) is 0 Å². The fourth-order valence-electron chi connectivity index (χ4n) is 0.530. The summed E-state index contributed by atoms with van der Waals surface area (Å²) in [5.41, 5.74) is 0. The maximum Gasteiger partial charge on any atom is 0.0231 e. The third-order valence-corrected chi connectivity index (χ3v) is 1.08. The molecule has 0 N–H and O–H groups in total. The Balaban J connectivity index is 2.98. The number of hydrogen-bond acceptors (Lipinski definition) is 0. The molecule has 0 aromatic heterocycles. The second-order valence-electron chi connectivity index (χ2n) is 2.06. The van der Waals surface area contributed by atoms with E-state index in [0.717, 1.165) is 19.3 Å². The zero-order valence-corrected chi connectivity index (χ0v) is 6.24. The number of hydrogen-bond donors (Lipinski definition) is 0. The molecule has 0 amide bonds. The minimum Gasteiger partial charge on any atom is -0.103 e. The molecule has 0 aliphatic carbocycles. The van der Waals surface area contributed by atoms with Crippen molar-refractivity contribution in [3.8, 4) is 11.8 Å². The smallest absolute Gasteiger partial charge is 0.0231 e. The molecule has 0 atom stereocenters. The molecule has 0 radical (unpaired) electrons. The topological polar surface area (TPSA) is 0 Å². The predicted octanol–water partition coefficient (Wildman–Crippen LogP) is 2.98. The lowest BCUT2D eigenvalue weighted by molar-refractivity contribution is 0.826. The van der Waals surface area contributed by atoms with Gasteiger partial charge in [0.05, 0.1) is 0 Å². The van der Waals surface area contributed by atoms with Gasteiger partial charge in [-0.3, -0.25) is 0 Å². The van der Waals surface area contributed by atoms with Crippen molar-refractivity contribution in [1.82, 2.24) is 0 Å². The van der Waals surface area contributed by atoms with Crippen LogP contribution in [0.5, 0.6) is 0 Å². The van der Waals surface area contributed by atoms with Crippen LogP contribution in [0, 0.1) is 11.8 Å². The van der Waals surface area contributed by atoms with Gasteiger partial charge >= 0.3 is 0 Å². The minimum atomic E-state index is 0.516. The molecule has 0 aromatic carbocycles. The summed E-state index contributed by atoms with van der Waals surface area (Å²) in [6.45, 7) is 2.69. The standard InChI is InChI=1S/C9H16/c1-3-5-7-9-8-6-4-2/h3-7H2,1-2H3/i2D. The van der Waals surface area contributed by atoms with E-state index in [9.17, 15) is 0 Å². The normalized spacial score (nSPS) is 9.67. The van der Waals surface area contributed by atoms with Gasteiger partial charge < -0.3 is 0 Å². The largest absolute Gasteiger partial charge is 0.103 e. The highest BCUT2D eigenvalue weighted by Crippen LogP contribution is 1.91. The summed E-state index contributed by atoms with van der Waals surface area (Å²) in [7, 11) is 0. The molecule has 0 rings (SSSR count). The molecule has 0 aliphatic rings. The van der Waals surface area contributed by atoms with Crippen molar-refractivity contribution in [2.45, 2.75) is 45.9 Å². The van der Waals surface area contributed by atoms with Crippen LogP contribution in [0.1, 0.15) is 47.3 Å². The molecule has 52 valence electrons. The Bertz CT molecular complexity index is 95.6. The molecule has 0 unspecified atom stereocenters. The van der Waals surface area contributed by atoms with E-state index in [-0.39, 0.29) is 0 Å². The van der Waals surface area contributed by atoms with Crippen molar-refractivity contribution >= 4 is 0 Å². The van der Waals surface area contributed by atoms with Gasteiger partial charge in [-0.2, -0.15) is 0 Å². The van der Waals surface area contributed by atoms with E-state index in [2.05, 4.69) is 18.8 Å². The molecule has 0 aromatic rings. The number of rotatable bonds is 3. The highest BCUT2D eigenvalue weighted by atomic mass is 13.8. The van der Waals surface area contributed by atoms with Gasteiger partial charge in [0.15, 0.2) is 0 Å². The Kier molecular flexibility index (Phi) is 5.61. The first kappa shape index (κ1) is 6.68. The van der Waals surface area contributed by atoms with Crippen LogP contribution in [0.3, 0.4) is 0 Å². The molecule has 0 spiro atoms. The van der Waals surface area contributed by atoms with Gasteiger partial charge in [0.2, 0.25) is 0 Å². The predicted molar refractivity (Wildman–Crippen MR) is 42.2 cm³/mol. The van der Waals surface area contributed by atoms with E-state index in [4.69, 9.17) is 1.37 Å². The average molecular weight is 125 g/mol. The summed E-state index contributed by atoms with van der Waals surface area (Å²) in [5.74, 6) is 6.14. The summed E-state index contributed by atoms with van der Waals surface area (Å²) in [5, 5.41) is 0. The molecule has 0 saturated heterocycles. The van der Waals surface area contributed by atoms with E-state index in [1.54, 1.807) is 0 Å². The third kappa shape index (κ3) is 7.56. The van der Waals surface area contributed by atoms with Crippen molar-refractivity contribution in [3.63, 3.8) is 0 Å². The van der Waals surface area contributed by atoms with Gasteiger partial charge in [0.25, 0.3) is 0 Å². The maximum absolute atomic E-state index is 6.85. The molecular formula is C9H16. The van der Waals surface area contributed by atoms with Crippen LogP contribution in [0.4, 0.5) is 0 Å². The second-order valence-corrected chi connectivity index (χ2v) is 2.06. The van der Waals surface area contributed by atoms with E-state index in [0.29, 0.717) is 6.90 Å². The molecule has 0 saturated carbocycles. The lowest BCUT2D eigenvalue weighted by atomic mass is 10.2. The Morgan fingerprint density at radius 3 is 2.67 bits per heavy atom. The molecule has 0 fully saturated rings. The van der Waals surface area contributed by atoms with Gasteiger partial charge in [-0.15, -0.1) is 11.8 Å². The summed E-state index contributed by atoms with van der Waals surface area (Å²) in [6.07, 6.45) is 5.32. The SMILES string of the molecule is [2H]CCCC#CCCCC. The molecular weight excluding hydrogens is 108 g/mol. The molecule has 0 aliphatic heterocycles. The lowest BCUT2D eigenvalue weighted by Gasteiger charge is -1.83. The highest BCUT2D eigenvalue weighted by molar-refractivity contribution is 4.97. The van der Waals surface area contributed by atoms with Crippen molar-refractivity contribution in [2.75, 3.05) is 0 Å². The monoisotopic (exact) mass is 125 g/mol. The van der Waals surface area contributed by atoms with E-state index in [1.165, 1.54) is 12.8 Å². The average Bonchev–Trinajstić information content (AvgIpc) is 1.97. The van der Waals surface area contributed by atoms with Crippen LogP contribution in [-0.4, -0.2) is 0 Å². The fourth-order valence-corrected chi connectivity index (χ4v) is 0.530. The van der Waals surface area contributed by atoms with Crippen LogP contribution in [0.15, 0.2) is 0 Å². The molecule has 0 heterocycles. The van der Waals surface area contributed by atoms with Crippen molar-refractivity contribution in [2.24, 2.45) is 0 Å². The van der Waals surface area contributed by atoms with Crippen molar-refractivity contribution < 1.29 is 1.37 Å². The summed E-state index contributed by atoms with van der Waals surface area (Å²) in [4.78, 5) is 0. The third-order valence-electron chi connectivity index (χ3n) is 1.08. The number of unbranched alkanes of at least 4 members (excludes halogenated alkanes) is 3. The van der Waals surface area contributed by atoms with Gasteiger partial charge in [0, 0.05) is 14.2 Å². The van der Waals surface area contributed by atoms with Gasteiger partial charge in [-0.05, 0) is 12.8 Å². The first-order valence-electron chi connectivity index (χ1n) is 4.37. The zero-order chi connectivity index (χ0) is 7.66. The van der Waals surface area contributed by atoms with Crippen LogP contribution in [0.2, 0.25) is 0 Å². The Labute approximate surface area is 60.1 Å². The molecule has 9 heavy (non-hydrogen) atoms. The second kappa shape index (κ2) is 7.56. The summed E-state index contributed by atoms with van der Waals surface area (Å²) in [6, 6.07) is 0. The lowest BCUT2D eigenvalue weighted by Crippen LogP contribution is -1.67. The quantitative estimate of drug-likeness (QED) is 0.402. The fraction of sp³-hybridized carbons (Fsp3) is 0.778. The van der Waals surface area contributed by atoms with Gasteiger partial charge in [-0.25, -0.2) is 0 Å². The maximum atomic E-state index is 6.85. The first-order chi connectivity index (χ1) is 4.91. The van der Waals surface area contributed by atoms with Crippen LogP contribution in [0.25, 0.3) is 0 Å². The molecule has 0 heteroatoms.